The lowest BCUT2D eigenvalue weighted by Gasteiger charge is -2.32. The predicted octanol–water partition coefficient (Wildman–Crippen LogP) is 5.98. The third-order valence-corrected chi connectivity index (χ3v) is 10.5. The summed E-state index contributed by atoms with van der Waals surface area (Å²) in [6, 6.07) is 12.2. The van der Waals surface area contributed by atoms with Crippen molar-refractivity contribution in [1.82, 2.24) is 9.44 Å². The van der Waals surface area contributed by atoms with Crippen molar-refractivity contribution in [3.63, 3.8) is 0 Å². The number of hydrogen-bond donors (Lipinski definition) is 2. The van der Waals surface area contributed by atoms with Gasteiger partial charge in [-0.25, -0.2) is 26.3 Å². The summed E-state index contributed by atoms with van der Waals surface area (Å²) in [6.07, 6.45) is 5.07. The second-order valence-electron chi connectivity index (χ2n) is 11.6. The third kappa shape index (κ3) is 9.59. The van der Waals surface area contributed by atoms with E-state index in [-0.39, 0.29) is 9.79 Å². The zero-order valence-corrected chi connectivity index (χ0v) is 27.0. The highest BCUT2D eigenvalue weighted by Gasteiger charge is 2.49. The smallest absolute Gasteiger partial charge is 0.240 e. The summed E-state index contributed by atoms with van der Waals surface area (Å²) in [5.41, 5.74) is 1.93. The minimum Gasteiger partial charge on any atom is -0.343 e. The van der Waals surface area contributed by atoms with Gasteiger partial charge in [-0.3, -0.25) is 0 Å². The molecule has 230 valence electrons. The molecule has 2 aromatic carbocycles. The average molecular weight is 609 g/mol. The van der Waals surface area contributed by atoms with E-state index < -0.39 is 50.1 Å². The van der Waals surface area contributed by atoms with Crippen molar-refractivity contribution in [2.24, 2.45) is 0 Å². The highest BCUT2D eigenvalue weighted by atomic mass is 32.2. The van der Waals surface area contributed by atoms with Crippen LogP contribution >= 0.6 is 0 Å². The monoisotopic (exact) mass is 608 g/mol. The molecule has 0 saturated carbocycles. The van der Waals surface area contributed by atoms with Crippen LogP contribution in [0.2, 0.25) is 0 Å². The number of rotatable bonds is 16. The quantitative estimate of drug-likeness (QED) is 0.227. The predicted molar refractivity (Wildman–Crippen MR) is 163 cm³/mol. The number of sulfonamides is 2. The lowest BCUT2D eigenvalue weighted by Crippen LogP contribution is -2.54. The lowest BCUT2D eigenvalue weighted by molar-refractivity contribution is -0.150. The van der Waals surface area contributed by atoms with Crippen molar-refractivity contribution in [3.05, 3.63) is 59.7 Å². The minimum absolute atomic E-state index is 0.179. The number of nitrogens with one attached hydrogen (secondary N) is 2. The van der Waals surface area contributed by atoms with E-state index in [1.165, 1.54) is 0 Å². The van der Waals surface area contributed by atoms with Gasteiger partial charge in [0, 0.05) is 0 Å². The molecule has 0 spiro atoms. The molecule has 1 aliphatic rings. The highest BCUT2D eigenvalue weighted by molar-refractivity contribution is 7.89. The summed E-state index contributed by atoms with van der Waals surface area (Å²) in [5, 5.41) is 0. The molecule has 41 heavy (non-hydrogen) atoms. The Kier molecular flexibility index (Phi) is 12.0. The maximum absolute atomic E-state index is 13.5. The largest absolute Gasteiger partial charge is 0.343 e. The van der Waals surface area contributed by atoms with Crippen LogP contribution in [0, 0.1) is 13.8 Å². The second-order valence-corrected chi connectivity index (χ2v) is 15.1. The molecular formula is C31H48N2O6S2. The summed E-state index contributed by atoms with van der Waals surface area (Å²) >= 11 is 0. The van der Waals surface area contributed by atoms with Gasteiger partial charge in [0.15, 0.2) is 5.79 Å². The van der Waals surface area contributed by atoms with E-state index in [2.05, 4.69) is 23.3 Å². The van der Waals surface area contributed by atoms with Gasteiger partial charge in [0.1, 0.15) is 12.2 Å². The van der Waals surface area contributed by atoms with E-state index in [0.29, 0.717) is 12.8 Å². The summed E-state index contributed by atoms with van der Waals surface area (Å²) < 4.78 is 72.7. The van der Waals surface area contributed by atoms with Gasteiger partial charge in [-0.2, -0.15) is 0 Å². The number of ether oxygens (including phenoxy) is 2. The Morgan fingerprint density at radius 2 is 1.00 bits per heavy atom. The van der Waals surface area contributed by atoms with Crippen LogP contribution in [0.15, 0.2) is 58.3 Å². The molecule has 1 aliphatic heterocycles. The Morgan fingerprint density at radius 3 is 1.32 bits per heavy atom. The van der Waals surface area contributed by atoms with Crippen molar-refractivity contribution >= 4 is 20.0 Å². The fourth-order valence-corrected chi connectivity index (χ4v) is 7.78. The second kappa shape index (κ2) is 14.6. The van der Waals surface area contributed by atoms with Crippen LogP contribution in [-0.2, 0) is 29.5 Å². The van der Waals surface area contributed by atoms with Gasteiger partial charge in [0.2, 0.25) is 20.0 Å². The maximum Gasteiger partial charge on any atom is 0.240 e. The van der Waals surface area contributed by atoms with Crippen LogP contribution in [-0.4, -0.2) is 46.9 Å². The van der Waals surface area contributed by atoms with Gasteiger partial charge >= 0.3 is 0 Å². The summed E-state index contributed by atoms with van der Waals surface area (Å²) in [5.74, 6) is -1.02. The summed E-state index contributed by atoms with van der Waals surface area (Å²) in [7, 11) is -7.73. The standard InChI is InChI=1S/C31H48N2O6S2/c1-7-9-11-13-27(32-40(34,35)25-19-15-23(3)16-20-25)29-30(39-31(5,6)38-29)28(14-12-10-8-2)33-41(36,37)26-21-17-24(4)18-22-26/h15-22,27-30,32-33H,7-14H2,1-6H3/t27-,28-,29-,30-/m1/s1. The maximum atomic E-state index is 13.5. The topological polar surface area (TPSA) is 111 Å². The van der Waals surface area contributed by atoms with Crippen molar-refractivity contribution in [3.8, 4) is 0 Å². The van der Waals surface area contributed by atoms with Crippen LogP contribution in [0.5, 0.6) is 0 Å². The SMILES string of the molecule is CCCCC[C@@H](NS(=O)(=O)c1ccc(C)cc1)[C@H]1OC(C)(C)O[C@@H]1[C@@H](CCCCC)NS(=O)(=O)c1ccc(C)cc1. The van der Waals surface area contributed by atoms with E-state index in [0.717, 1.165) is 49.7 Å². The van der Waals surface area contributed by atoms with Crippen LogP contribution in [0.4, 0.5) is 0 Å². The molecule has 0 amide bonds. The fourth-order valence-electron chi connectivity index (χ4n) is 5.22. The highest BCUT2D eigenvalue weighted by Crippen LogP contribution is 2.35. The molecule has 1 fully saturated rings. The fraction of sp³-hybridized carbons (Fsp3) is 0.613. The van der Waals surface area contributed by atoms with Crippen molar-refractivity contribution in [2.75, 3.05) is 0 Å². The first-order chi connectivity index (χ1) is 19.3. The van der Waals surface area contributed by atoms with Crippen LogP contribution in [0.3, 0.4) is 0 Å². The lowest BCUT2D eigenvalue weighted by atomic mass is 9.93. The van der Waals surface area contributed by atoms with Crippen molar-refractivity contribution < 1.29 is 26.3 Å². The first-order valence-electron chi connectivity index (χ1n) is 14.8. The van der Waals surface area contributed by atoms with Crippen LogP contribution < -0.4 is 9.44 Å². The van der Waals surface area contributed by atoms with E-state index in [4.69, 9.17) is 9.47 Å². The van der Waals surface area contributed by atoms with Gasteiger partial charge in [-0.1, -0.05) is 87.8 Å². The van der Waals surface area contributed by atoms with E-state index in [1.807, 2.05) is 13.8 Å². The average Bonchev–Trinajstić information content (AvgIpc) is 3.23. The number of aryl methyl sites for hydroxylation is 2. The minimum atomic E-state index is -3.86. The Hall–Kier alpha value is -1.82. The molecule has 1 heterocycles. The molecule has 4 atom stereocenters. The first-order valence-corrected chi connectivity index (χ1v) is 17.8. The molecule has 10 heteroatoms. The van der Waals surface area contributed by atoms with Gasteiger partial charge < -0.3 is 9.47 Å². The molecular weight excluding hydrogens is 560 g/mol. The molecule has 8 nitrogen and oxygen atoms in total. The van der Waals surface area contributed by atoms with Gasteiger partial charge in [-0.05, 0) is 64.8 Å². The van der Waals surface area contributed by atoms with Gasteiger partial charge in [0.05, 0.1) is 21.9 Å². The molecule has 3 rings (SSSR count). The van der Waals surface area contributed by atoms with Crippen molar-refractivity contribution in [2.45, 2.75) is 133 Å². The molecule has 0 aromatic heterocycles. The zero-order valence-electron chi connectivity index (χ0n) is 25.4. The molecule has 0 radical (unpaired) electrons. The van der Waals surface area contributed by atoms with Crippen LogP contribution in [0.1, 0.15) is 90.2 Å². The Labute approximate surface area is 247 Å². The zero-order chi connectivity index (χ0) is 30.3. The molecule has 0 unspecified atom stereocenters. The number of benzene rings is 2. The van der Waals surface area contributed by atoms with E-state index in [1.54, 1.807) is 62.4 Å². The normalized spacial score (nSPS) is 20.6. The molecule has 0 aliphatic carbocycles. The third-order valence-electron chi connectivity index (χ3n) is 7.47. The van der Waals surface area contributed by atoms with Crippen LogP contribution in [0.25, 0.3) is 0 Å². The molecule has 2 N–H and O–H groups in total. The summed E-state index contributed by atoms with van der Waals surface area (Å²) in [6.45, 7) is 11.6. The summed E-state index contributed by atoms with van der Waals surface area (Å²) in [4.78, 5) is 0.357. The number of unbranched alkanes of at least 4 members (excludes halogenated alkanes) is 4. The Morgan fingerprint density at radius 1 is 0.659 bits per heavy atom. The Bertz CT molecular complexity index is 1210. The first kappa shape index (κ1) is 33.7. The van der Waals surface area contributed by atoms with E-state index in [9.17, 15) is 16.8 Å². The Balaban J connectivity index is 1.97. The van der Waals surface area contributed by atoms with Gasteiger partial charge in [-0.15, -0.1) is 0 Å². The van der Waals surface area contributed by atoms with Crippen molar-refractivity contribution in [1.29, 1.82) is 0 Å². The molecule has 0 bridgehead atoms. The molecule has 2 aromatic rings. The number of hydrogen-bond acceptors (Lipinski definition) is 6. The van der Waals surface area contributed by atoms with Gasteiger partial charge in [0.25, 0.3) is 0 Å². The van der Waals surface area contributed by atoms with E-state index >= 15 is 0 Å². The molecule has 1 saturated heterocycles.